The summed E-state index contributed by atoms with van der Waals surface area (Å²) in [6.07, 6.45) is 1.67. The van der Waals surface area contributed by atoms with E-state index in [0.29, 0.717) is 44.7 Å². The molecule has 0 aliphatic carbocycles. The molecule has 0 radical (unpaired) electrons. The summed E-state index contributed by atoms with van der Waals surface area (Å²) in [6, 6.07) is 16.2. The molecule has 0 fully saturated rings. The predicted molar refractivity (Wildman–Crippen MR) is 125 cm³/mol. The molecule has 0 atom stereocenters. The van der Waals surface area contributed by atoms with Crippen LogP contribution in [0.5, 0.6) is 11.5 Å². The van der Waals surface area contributed by atoms with Crippen LogP contribution in [0.3, 0.4) is 0 Å². The largest absolute Gasteiger partial charge is 0.493 e. The second-order valence-electron chi connectivity index (χ2n) is 6.23. The van der Waals surface area contributed by atoms with Gasteiger partial charge in [-0.05, 0) is 48.0 Å². The minimum atomic E-state index is 0.292. The SMILES string of the molecule is COc1cc(/C=N\NCc2c(Cl)cccc2Cl)ccc1OCc1ccc(Cl)cc1Cl. The van der Waals surface area contributed by atoms with E-state index in [-0.39, 0.29) is 0 Å². The molecule has 0 saturated carbocycles. The normalized spacial score (nSPS) is 11.0. The summed E-state index contributed by atoms with van der Waals surface area (Å²) >= 11 is 24.4. The first-order chi connectivity index (χ1) is 14.5. The number of nitrogens with one attached hydrogen (secondary N) is 1. The Morgan fingerprint density at radius 1 is 0.900 bits per heavy atom. The molecule has 3 rings (SSSR count). The van der Waals surface area contributed by atoms with Gasteiger partial charge in [0.2, 0.25) is 0 Å². The molecule has 0 unspecified atom stereocenters. The van der Waals surface area contributed by atoms with Crippen molar-refractivity contribution in [1.29, 1.82) is 0 Å². The standard InChI is InChI=1S/C22H18Cl4N2O2/c1-29-22-9-14(11-27-28-12-17-18(24)3-2-4-19(17)25)5-8-21(22)30-13-15-6-7-16(23)10-20(15)26/h2-11,28H,12-13H2,1H3/b27-11-. The van der Waals surface area contributed by atoms with Crippen molar-refractivity contribution in [2.75, 3.05) is 7.11 Å². The molecule has 0 bridgehead atoms. The number of rotatable bonds is 8. The third-order valence-corrected chi connectivity index (χ3v) is 5.50. The molecule has 0 saturated heterocycles. The van der Waals surface area contributed by atoms with Gasteiger partial charge in [-0.25, -0.2) is 0 Å². The van der Waals surface area contributed by atoms with Crippen LogP contribution in [0.15, 0.2) is 59.7 Å². The number of methoxy groups -OCH3 is 1. The molecule has 30 heavy (non-hydrogen) atoms. The maximum Gasteiger partial charge on any atom is 0.161 e. The van der Waals surface area contributed by atoms with Crippen molar-refractivity contribution in [3.8, 4) is 11.5 Å². The highest BCUT2D eigenvalue weighted by atomic mass is 35.5. The molecule has 1 N–H and O–H groups in total. The highest BCUT2D eigenvalue weighted by Gasteiger charge is 2.08. The lowest BCUT2D eigenvalue weighted by molar-refractivity contribution is 0.284. The van der Waals surface area contributed by atoms with E-state index in [1.807, 2.05) is 24.3 Å². The molecule has 0 amide bonds. The number of nitrogens with zero attached hydrogens (tertiary/aromatic N) is 1. The van der Waals surface area contributed by atoms with E-state index in [9.17, 15) is 0 Å². The van der Waals surface area contributed by atoms with Crippen LogP contribution in [0, 0.1) is 0 Å². The molecule has 0 spiro atoms. The van der Waals surface area contributed by atoms with Crippen molar-refractivity contribution in [3.63, 3.8) is 0 Å². The summed E-state index contributed by atoms with van der Waals surface area (Å²) in [6.45, 7) is 0.704. The summed E-state index contributed by atoms with van der Waals surface area (Å²) in [5, 5.41) is 6.53. The fourth-order valence-electron chi connectivity index (χ4n) is 2.62. The van der Waals surface area contributed by atoms with Gasteiger partial charge in [-0.2, -0.15) is 5.10 Å². The van der Waals surface area contributed by atoms with Gasteiger partial charge in [0.15, 0.2) is 11.5 Å². The van der Waals surface area contributed by atoms with E-state index in [1.54, 1.807) is 43.7 Å². The second-order valence-corrected chi connectivity index (χ2v) is 7.89. The minimum absolute atomic E-state index is 0.292. The lowest BCUT2D eigenvalue weighted by atomic mass is 10.2. The Morgan fingerprint density at radius 3 is 2.37 bits per heavy atom. The van der Waals surface area contributed by atoms with Crippen molar-refractivity contribution in [2.24, 2.45) is 5.10 Å². The van der Waals surface area contributed by atoms with Crippen LogP contribution < -0.4 is 14.9 Å². The topological polar surface area (TPSA) is 42.8 Å². The average Bonchev–Trinajstić information content (AvgIpc) is 2.72. The minimum Gasteiger partial charge on any atom is -0.493 e. The fourth-order valence-corrected chi connectivity index (χ4v) is 3.62. The average molecular weight is 484 g/mol. The molecule has 0 aliphatic heterocycles. The molecule has 156 valence electrons. The monoisotopic (exact) mass is 482 g/mol. The van der Waals surface area contributed by atoms with Gasteiger partial charge < -0.3 is 14.9 Å². The molecule has 8 heteroatoms. The maximum atomic E-state index is 6.19. The molecule has 0 heterocycles. The number of hydrazone groups is 1. The summed E-state index contributed by atoms with van der Waals surface area (Å²) in [5.41, 5.74) is 5.40. The zero-order chi connectivity index (χ0) is 21.5. The summed E-state index contributed by atoms with van der Waals surface area (Å²) in [5.74, 6) is 1.18. The number of hydrogen-bond donors (Lipinski definition) is 1. The first kappa shape index (κ1) is 22.6. The predicted octanol–water partition coefficient (Wildman–Crippen LogP) is 7.01. The Hall–Kier alpha value is -2.11. The van der Waals surface area contributed by atoms with E-state index in [1.165, 1.54) is 0 Å². The Bertz CT molecular complexity index is 1040. The third-order valence-electron chi connectivity index (χ3n) is 4.21. The van der Waals surface area contributed by atoms with Crippen molar-refractivity contribution in [2.45, 2.75) is 13.2 Å². The van der Waals surface area contributed by atoms with Crippen molar-refractivity contribution < 1.29 is 9.47 Å². The number of hydrogen-bond acceptors (Lipinski definition) is 4. The van der Waals surface area contributed by atoms with Crippen LogP contribution in [0.25, 0.3) is 0 Å². The highest BCUT2D eigenvalue weighted by molar-refractivity contribution is 6.36. The van der Waals surface area contributed by atoms with Gasteiger partial charge in [-0.3, -0.25) is 0 Å². The Kier molecular flexibility index (Phi) is 8.11. The lowest BCUT2D eigenvalue weighted by Crippen LogP contribution is -2.06. The Labute approximate surface area is 195 Å². The van der Waals surface area contributed by atoms with Gasteiger partial charge >= 0.3 is 0 Å². The number of ether oxygens (including phenoxy) is 2. The highest BCUT2D eigenvalue weighted by Crippen LogP contribution is 2.30. The molecule has 0 aliphatic rings. The van der Waals surface area contributed by atoms with Crippen LogP contribution in [-0.4, -0.2) is 13.3 Å². The molecule has 3 aromatic rings. The van der Waals surface area contributed by atoms with Crippen LogP contribution in [-0.2, 0) is 13.2 Å². The van der Waals surface area contributed by atoms with Gasteiger partial charge in [0.05, 0.1) is 19.9 Å². The molecular formula is C22H18Cl4N2O2. The summed E-state index contributed by atoms with van der Waals surface area (Å²) < 4.78 is 11.3. The summed E-state index contributed by atoms with van der Waals surface area (Å²) in [7, 11) is 1.58. The molecule has 3 aromatic carbocycles. The zero-order valence-electron chi connectivity index (χ0n) is 16.0. The fraction of sp³-hybridized carbons (Fsp3) is 0.136. The summed E-state index contributed by atoms with van der Waals surface area (Å²) in [4.78, 5) is 0. The molecule has 0 aromatic heterocycles. The quantitative estimate of drug-likeness (QED) is 0.276. The number of halogens is 4. The van der Waals surface area contributed by atoms with Gasteiger partial charge in [0.25, 0.3) is 0 Å². The lowest BCUT2D eigenvalue weighted by Gasteiger charge is -2.12. The first-order valence-electron chi connectivity index (χ1n) is 8.91. The van der Waals surface area contributed by atoms with Gasteiger partial charge in [-0.1, -0.05) is 58.5 Å². The van der Waals surface area contributed by atoms with Crippen LogP contribution >= 0.6 is 46.4 Å². The maximum absolute atomic E-state index is 6.19. The van der Waals surface area contributed by atoms with Crippen molar-refractivity contribution in [1.82, 2.24) is 5.43 Å². The first-order valence-corrected chi connectivity index (χ1v) is 10.4. The van der Waals surface area contributed by atoms with Crippen LogP contribution in [0.1, 0.15) is 16.7 Å². The van der Waals surface area contributed by atoms with E-state index < -0.39 is 0 Å². The van der Waals surface area contributed by atoms with Crippen molar-refractivity contribution >= 4 is 52.6 Å². The van der Waals surface area contributed by atoms with Gasteiger partial charge in [-0.15, -0.1) is 0 Å². The zero-order valence-corrected chi connectivity index (χ0v) is 19.0. The number of benzene rings is 3. The van der Waals surface area contributed by atoms with Gasteiger partial charge in [0, 0.05) is 31.2 Å². The third kappa shape index (κ3) is 5.96. The van der Waals surface area contributed by atoms with Crippen LogP contribution in [0.2, 0.25) is 20.1 Å². The Morgan fingerprint density at radius 2 is 1.67 bits per heavy atom. The smallest absolute Gasteiger partial charge is 0.161 e. The molecule has 4 nitrogen and oxygen atoms in total. The van der Waals surface area contributed by atoms with E-state index in [0.717, 1.165) is 16.7 Å². The van der Waals surface area contributed by atoms with Crippen molar-refractivity contribution in [3.05, 3.63) is 91.4 Å². The van der Waals surface area contributed by atoms with E-state index in [2.05, 4.69) is 10.5 Å². The Balaban J connectivity index is 1.62. The van der Waals surface area contributed by atoms with E-state index >= 15 is 0 Å². The van der Waals surface area contributed by atoms with Gasteiger partial charge in [0.1, 0.15) is 6.61 Å². The molecular weight excluding hydrogens is 466 g/mol. The van der Waals surface area contributed by atoms with E-state index in [4.69, 9.17) is 55.9 Å². The van der Waals surface area contributed by atoms with Crippen LogP contribution in [0.4, 0.5) is 0 Å². The second kappa shape index (κ2) is 10.8.